The van der Waals surface area contributed by atoms with Crippen LogP contribution >= 0.6 is 0 Å². The topological polar surface area (TPSA) is 52.0 Å². The lowest BCUT2D eigenvalue weighted by Gasteiger charge is -2.06. The second-order valence-electron chi connectivity index (χ2n) is 5.08. The summed E-state index contributed by atoms with van der Waals surface area (Å²) in [7, 11) is 0. The molecular formula is C17H15FN2O. The lowest BCUT2D eigenvalue weighted by molar-refractivity contribution is 0.436. The molecule has 0 amide bonds. The molecule has 2 aromatic carbocycles. The fourth-order valence-electron chi connectivity index (χ4n) is 2.28. The summed E-state index contributed by atoms with van der Waals surface area (Å²) in [5.41, 5.74) is 10.7. The van der Waals surface area contributed by atoms with Gasteiger partial charge in [-0.3, -0.25) is 0 Å². The van der Waals surface area contributed by atoms with Crippen molar-refractivity contribution in [3.8, 4) is 22.5 Å². The van der Waals surface area contributed by atoms with Gasteiger partial charge in [-0.2, -0.15) is 0 Å². The van der Waals surface area contributed by atoms with E-state index in [1.165, 1.54) is 17.7 Å². The number of anilines is 1. The SMILES string of the molecule is Cc1ccc(-c2c(N)noc2-c2ccc(F)cc2)cc1C. The van der Waals surface area contributed by atoms with Crippen molar-refractivity contribution in [1.29, 1.82) is 0 Å². The summed E-state index contributed by atoms with van der Waals surface area (Å²) >= 11 is 0. The maximum atomic E-state index is 13.1. The van der Waals surface area contributed by atoms with Crippen molar-refractivity contribution in [3.05, 3.63) is 59.4 Å². The fraction of sp³-hybridized carbons (Fsp3) is 0.118. The number of nitrogens with zero attached hydrogens (tertiary/aromatic N) is 1. The molecule has 3 rings (SSSR count). The van der Waals surface area contributed by atoms with Crippen molar-refractivity contribution < 1.29 is 8.91 Å². The van der Waals surface area contributed by atoms with Crippen LogP contribution in [0.5, 0.6) is 0 Å². The van der Waals surface area contributed by atoms with Crippen LogP contribution < -0.4 is 5.73 Å². The van der Waals surface area contributed by atoms with Crippen molar-refractivity contribution in [2.45, 2.75) is 13.8 Å². The number of hydrogen-bond acceptors (Lipinski definition) is 3. The quantitative estimate of drug-likeness (QED) is 0.760. The molecule has 0 aliphatic carbocycles. The van der Waals surface area contributed by atoms with E-state index in [9.17, 15) is 4.39 Å². The summed E-state index contributed by atoms with van der Waals surface area (Å²) in [6, 6.07) is 12.1. The van der Waals surface area contributed by atoms with Gasteiger partial charge in [0.15, 0.2) is 11.6 Å². The van der Waals surface area contributed by atoms with Gasteiger partial charge in [-0.1, -0.05) is 23.4 Å². The van der Waals surface area contributed by atoms with Crippen LogP contribution in [0.1, 0.15) is 11.1 Å². The molecule has 0 radical (unpaired) electrons. The van der Waals surface area contributed by atoms with Crippen LogP contribution in [-0.2, 0) is 0 Å². The van der Waals surface area contributed by atoms with Crippen LogP contribution in [0, 0.1) is 19.7 Å². The van der Waals surface area contributed by atoms with Crippen LogP contribution in [0.4, 0.5) is 10.2 Å². The Kier molecular flexibility index (Phi) is 3.22. The first kappa shape index (κ1) is 13.4. The zero-order chi connectivity index (χ0) is 15.0. The Bertz CT molecular complexity index is 791. The Hall–Kier alpha value is -2.62. The molecule has 106 valence electrons. The number of aromatic nitrogens is 1. The number of aryl methyl sites for hydroxylation is 2. The molecule has 2 N–H and O–H groups in total. The van der Waals surface area contributed by atoms with Gasteiger partial charge in [0.2, 0.25) is 0 Å². The molecule has 0 fully saturated rings. The molecule has 0 saturated heterocycles. The molecule has 0 bridgehead atoms. The number of halogens is 1. The molecule has 0 atom stereocenters. The minimum Gasteiger partial charge on any atom is -0.380 e. The van der Waals surface area contributed by atoms with Crippen LogP contribution in [-0.4, -0.2) is 5.16 Å². The van der Waals surface area contributed by atoms with Crippen LogP contribution in [0.25, 0.3) is 22.5 Å². The van der Waals surface area contributed by atoms with Gasteiger partial charge < -0.3 is 10.3 Å². The molecule has 3 nitrogen and oxygen atoms in total. The van der Waals surface area contributed by atoms with Crippen molar-refractivity contribution >= 4 is 5.82 Å². The first-order valence-corrected chi connectivity index (χ1v) is 6.65. The van der Waals surface area contributed by atoms with E-state index >= 15 is 0 Å². The van der Waals surface area contributed by atoms with E-state index in [0.717, 1.165) is 22.3 Å². The zero-order valence-corrected chi connectivity index (χ0v) is 11.9. The Morgan fingerprint density at radius 2 is 1.62 bits per heavy atom. The van der Waals surface area contributed by atoms with Gasteiger partial charge in [-0.25, -0.2) is 4.39 Å². The van der Waals surface area contributed by atoms with E-state index in [4.69, 9.17) is 10.3 Å². The summed E-state index contributed by atoms with van der Waals surface area (Å²) in [4.78, 5) is 0. The molecule has 1 heterocycles. The Balaban J connectivity index is 2.16. The highest BCUT2D eigenvalue weighted by Gasteiger charge is 2.18. The summed E-state index contributed by atoms with van der Waals surface area (Å²) in [6.45, 7) is 4.09. The Morgan fingerprint density at radius 3 is 2.29 bits per heavy atom. The maximum absolute atomic E-state index is 13.1. The second kappa shape index (κ2) is 5.05. The van der Waals surface area contributed by atoms with Crippen molar-refractivity contribution in [2.75, 3.05) is 5.73 Å². The predicted octanol–water partition coefficient (Wildman–Crippen LogP) is 4.35. The minimum atomic E-state index is -0.293. The lowest BCUT2D eigenvalue weighted by atomic mass is 9.98. The number of benzene rings is 2. The Labute approximate surface area is 122 Å². The Morgan fingerprint density at radius 1 is 0.952 bits per heavy atom. The first-order valence-electron chi connectivity index (χ1n) is 6.65. The van der Waals surface area contributed by atoms with Gasteiger partial charge >= 0.3 is 0 Å². The number of rotatable bonds is 2. The molecule has 21 heavy (non-hydrogen) atoms. The summed E-state index contributed by atoms with van der Waals surface area (Å²) in [5, 5.41) is 3.85. The first-order chi connectivity index (χ1) is 10.1. The van der Waals surface area contributed by atoms with E-state index < -0.39 is 0 Å². The monoisotopic (exact) mass is 282 g/mol. The van der Waals surface area contributed by atoms with E-state index in [0.29, 0.717) is 11.6 Å². The number of nitrogens with two attached hydrogens (primary N) is 1. The molecule has 0 saturated carbocycles. The van der Waals surface area contributed by atoms with Gasteiger partial charge in [0.1, 0.15) is 5.82 Å². The van der Waals surface area contributed by atoms with Gasteiger partial charge in [0.05, 0.1) is 5.56 Å². The standard InChI is InChI=1S/C17H15FN2O/c1-10-3-4-13(9-11(10)2)15-16(21-20-17(15)19)12-5-7-14(18)8-6-12/h3-9H,1-2H3,(H2,19,20). The smallest absolute Gasteiger partial charge is 0.176 e. The van der Waals surface area contributed by atoms with Crippen molar-refractivity contribution in [3.63, 3.8) is 0 Å². The molecular weight excluding hydrogens is 267 g/mol. The van der Waals surface area contributed by atoms with Crippen LogP contribution in [0.15, 0.2) is 47.0 Å². The summed E-state index contributed by atoms with van der Waals surface area (Å²) < 4.78 is 18.4. The summed E-state index contributed by atoms with van der Waals surface area (Å²) in [5.74, 6) is 0.590. The third-order valence-corrected chi connectivity index (χ3v) is 3.62. The maximum Gasteiger partial charge on any atom is 0.176 e. The van der Waals surface area contributed by atoms with Crippen molar-refractivity contribution in [2.24, 2.45) is 0 Å². The molecule has 1 aromatic heterocycles. The molecule has 3 aromatic rings. The van der Waals surface area contributed by atoms with E-state index in [2.05, 4.69) is 12.1 Å². The lowest BCUT2D eigenvalue weighted by Crippen LogP contribution is -1.90. The normalized spacial score (nSPS) is 10.8. The highest BCUT2D eigenvalue weighted by Crippen LogP contribution is 2.37. The molecule has 0 aliphatic heterocycles. The van der Waals surface area contributed by atoms with E-state index in [-0.39, 0.29) is 5.82 Å². The van der Waals surface area contributed by atoms with Gasteiger partial charge in [0, 0.05) is 5.56 Å². The largest absolute Gasteiger partial charge is 0.380 e. The molecule has 0 aliphatic rings. The molecule has 4 heteroatoms. The fourth-order valence-corrected chi connectivity index (χ4v) is 2.28. The average Bonchev–Trinajstić information content (AvgIpc) is 2.85. The van der Waals surface area contributed by atoms with Crippen molar-refractivity contribution in [1.82, 2.24) is 5.16 Å². The van der Waals surface area contributed by atoms with Gasteiger partial charge in [-0.05, 0) is 54.8 Å². The third-order valence-electron chi connectivity index (χ3n) is 3.62. The van der Waals surface area contributed by atoms with Crippen LogP contribution in [0.2, 0.25) is 0 Å². The van der Waals surface area contributed by atoms with Gasteiger partial charge in [0.25, 0.3) is 0 Å². The number of nitrogen functional groups attached to an aromatic ring is 1. The zero-order valence-electron chi connectivity index (χ0n) is 11.9. The molecule has 0 spiro atoms. The van der Waals surface area contributed by atoms with E-state index in [1.807, 2.05) is 25.1 Å². The van der Waals surface area contributed by atoms with E-state index in [1.54, 1.807) is 12.1 Å². The van der Waals surface area contributed by atoms with Crippen LogP contribution in [0.3, 0.4) is 0 Å². The minimum absolute atomic E-state index is 0.293. The van der Waals surface area contributed by atoms with Gasteiger partial charge in [-0.15, -0.1) is 0 Å². The summed E-state index contributed by atoms with van der Waals surface area (Å²) in [6.07, 6.45) is 0. The highest BCUT2D eigenvalue weighted by molar-refractivity contribution is 5.86. The average molecular weight is 282 g/mol. The second-order valence-corrected chi connectivity index (χ2v) is 5.08. The number of hydrogen-bond donors (Lipinski definition) is 1. The highest BCUT2D eigenvalue weighted by atomic mass is 19.1. The molecule has 0 unspecified atom stereocenters. The predicted molar refractivity (Wildman–Crippen MR) is 81.2 cm³/mol. The third kappa shape index (κ3) is 2.40.